The predicted octanol–water partition coefficient (Wildman–Crippen LogP) is 2.62. The van der Waals surface area contributed by atoms with E-state index in [9.17, 15) is 4.79 Å². The maximum absolute atomic E-state index is 11.1. The van der Waals surface area contributed by atoms with Gasteiger partial charge in [0.2, 0.25) is 0 Å². The van der Waals surface area contributed by atoms with E-state index in [4.69, 9.17) is 16.2 Å². The summed E-state index contributed by atoms with van der Waals surface area (Å²) in [5.41, 5.74) is 9.57. The average Bonchev–Trinajstić information content (AvgIpc) is 2.64. The Morgan fingerprint density at radius 1 is 1.04 bits per heavy atom. The summed E-state index contributed by atoms with van der Waals surface area (Å²) in [4.78, 5) is 15.4. The van der Waals surface area contributed by atoms with Crippen LogP contribution in [0, 0.1) is 5.41 Å². The quantitative estimate of drug-likeness (QED) is 0.559. The number of carboxylic acids is 1. The molecule has 0 aromatic heterocycles. The number of nitrogens with two attached hydrogens (primary N) is 1. The number of hydrogen-bond donors (Lipinski definition) is 3. The van der Waals surface area contributed by atoms with Crippen LogP contribution in [0.3, 0.4) is 0 Å². The molecule has 0 radical (unpaired) electrons. The van der Waals surface area contributed by atoms with Crippen LogP contribution >= 0.6 is 0 Å². The first-order valence-corrected chi connectivity index (χ1v) is 9.12. The van der Waals surface area contributed by atoms with E-state index < -0.39 is 5.97 Å². The fraction of sp³-hybridized carbons (Fsp3) is 0.333. The largest absolute Gasteiger partial charge is 0.480 e. The van der Waals surface area contributed by atoms with Gasteiger partial charge in [0.05, 0.1) is 6.54 Å². The predicted molar refractivity (Wildman–Crippen MR) is 108 cm³/mol. The summed E-state index contributed by atoms with van der Waals surface area (Å²) >= 11 is 0. The summed E-state index contributed by atoms with van der Waals surface area (Å²) in [7, 11) is 0. The molecule has 1 aliphatic rings. The van der Waals surface area contributed by atoms with Crippen LogP contribution < -0.4 is 10.6 Å². The van der Waals surface area contributed by atoms with E-state index in [2.05, 4.69) is 43.0 Å². The summed E-state index contributed by atoms with van der Waals surface area (Å²) in [6.07, 6.45) is 0. The van der Waals surface area contributed by atoms with Crippen molar-refractivity contribution in [3.05, 3.63) is 54.1 Å². The van der Waals surface area contributed by atoms with Gasteiger partial charge in [-0.15, -0.1) is 0 Å². The van der Waals surface area contributed by atoms with Crippen LogP contribution in [-0.4, -0.2) is 53.5 Å². The van der Waals surface area contributed by atoms with Gasteiger partial charge in [0.15, 0.2) is 0 Å². The summed E-state index contributed by atoms with van der Waals surface area (Å²) in [5.74, 6) is -0.704. The number of piperazine rings is 1. The number of anilines is 1. The second kappa shape index (κ2) is 7.80. The lowest BCUT2D eigenvalue weighted by molar-refractivity contribution is -0.139. The van der Waals surface area contributed by atoms with Crippen molar-refractivity contribution >= 4 is 17.5 Å². The van der Waals surface area contributed by atoms with Crippen LogP contribution in [0.5, 0.6) is 0 Å². The van der Waals surface area contributed by atoms with Crippen molar-refractivity contribution in [1.82, 2.24) is 4.90 Å². The number of carbonyl (C=O) groups is 1. The molecule has 1 heterocycles. The SMILES string of the molecule is C[C@@H]1CN(c2ccc(-c3ccc(C(=N)N)cc3)cc2)C[C@H](C)N1CC(=O)O. The summed E-state index contributed by atoms with van der Waals surface area (Å²) in [6.45, 7) is 5.87. The van der Waals surface area contributed by atoms with E-state index in [1.807, 2.05) is 29.2 Å². The van der Waals surface area contributed by atoms with Gasteiger partial charge in [-0.05, 0) is 37.1 Å². The molecule has 0 unspecified atom stereocenters. The van der Waals surface area contributed by atoms with Gasteiger partial charge in [-0.25, -0.2) is 0 Å². The van der Waals surface area contributed by atoms with Gasteiger partial charge in [0.25, 0.3) is 0 Å². The van der Waals surface area contributed by atoms with Gasteiger partial charge in [0, 0.05) is 36.4 Å². The zero-order chi connectivity index (χ0) is 19.6. The maximum Gasteiger partial charge on any atom is 0.317 e. The first-order valence-electron chi connectivity index (χ1n) is 9.12. The molecule has 27 heavy (non-hydrogen) atoms. The van der Waals surface area contributed by atoms with Crippen LogP contribution in [0.1, 0.15) is 19.4 Å². The number of nitrogen functional groups attached to an aromatic ring is 1. The third-order valence-electron chi connectivity index (χ3n) is 5.18. The average molecular weight is 366 g/mol. The number of benzene rings is 2. The first kappa shape index (κ1) is 18.9. The molecule has 0 bridgehead atoms. The van der Waals surface area contributed by atoms with Crippen LogP contribution in [0.25, 0.3) is 11.1 Å². The molecule has 0 amide bonds. The second-order valence-electron chi connectivity index (χ2n) is 7.21. The Hall–Kier alpha value is -2.86. The monoisotopic (exact) mass is 366 g/mol. The second-order valence-corrected chi connectivity index (χ2v) is 7.21. The number of hydrogen-bond acceptors (Lipinski definition) is 4. The number of nitrogens with zero attached hydrogens (tertiary/aromatic N) is 2. The highest BCUT2D eigenvalue weighted by molar-refractivity contribution is 5.95. The lowest BCUT2D eigenvalue weighted by Crippen LogP contribution is -2.58. The van der Waals surface area contributed by atoms with E-state index in [1.54, 1.807) is 0 Å². The topological polar surface area (TPSA) is 93.7 Å². The van der Waals surface area contributed by atoms with Gasteiger partial charge in [-0.3, -0.25) is 15.1 Å². The number of carboxylic acid groups (broad SMARTS) is 1. The zero-order valence-corrected chi connectivity index (χ0v) is 15.7. The van der Waals surface area contributed by atoms with Crippen LogP contribution in [0.2, 0.25) is 0 Å². The van der Waals surface area contributed by atoms with E-state index in [0.717, 1.165) is 35.5 Å². The fourth-order valence-corrected chi connectivity index (χ4v) is 3.74. The fourth-order valence-electron chi connectivity index (χ4n) is 3.74. The normalized spacial score (nSPS) is 20.4. The van der Waals surface area contributed by atoms with Crippen molar-refractivity contribution in [2.75, 3.05) is 24.5 Å². The molecule has 1 fully saturated rings. The molecule has 2 aromatic carbocycles. The molecule has 4 N–H and O–H groups in total. The minimum atomic E-state index is -0.776. The molecular weight excluding hydrogens is 340 g/mol. The Morgan fingerprint density at radius 3 is 1.96 bits per heavy atom. The smallest absolute Gasteiger partial charge is 0.317 e. The standard InChI is InChI=1S/C21H26N4O2/c1-14-11-24(12-15(2)25(14)13-20(26)27)19-9-7-17(8-10-19)16-3-5-18(6-4-16)21(22)23/h3-10,14-15H,11-13H2,1-2H3,(H3,22,23)(H,26,27)/t14-,15+. The summed E-state index contributed by atoms with van der Waals surface area (Å²) in [6, 6.07) is 16.4. The Morgan fingerprint density at radius 2 is 1.52 bits per heavy atom. The molecular formula is C21H26N4O2. The van der Waals surface area contributed by atoms with Crippen molar-refractivity contribution in [3.63, 3.8) is 0 Å². The van der Waals surface area contributed by atoms with E-state index >= 15 is 0 Å². The molecule has 0 aliphatic carbocycles. The Labute approximate surface area is 159 Å². The highest BCUT2D eigenvalue weighted by Crippen LogP contribution is 2.26. The third kappa shape index (κ3) is 4.28. The van der Waals surface area contributed by atoms with Gasteiger partial charge in [-0.2, -0.15) is 0 Å². The lowest BCUT2D eigenvalue weighted by Gasteiger charge is -2.44. The molecule has 6 heteroatoms. The summed E-state index contributed by atoms with van der Waals surface area (Å²) in [5, 5.41) is 16.6. The third-order valence-corrected chi connectivity index (χ3v) is 5.18. The van der Waals surface area contributed by atoms with Crippen molar-refractivity contribution < 1.29 is 9.90 Å². The lowest BCUT2D eigenvalue weighted by atomic mass is 10.0. The molecule has 2 aromatic rings. The molecule has 6 nitrogen and oxygen atoms in total. The van der Waals surface area contributed by atoms with Crippen LogP contribution in [0.15, 0.2) is 48.5 Å². The Balaban J connectivity index is 1.72. The molecule has 1 aliphatic heterocycles. The zero-order valence-electron chi connectivity index (χ0n) is 15.7. The van der Waals surface area contributed by atoms with Crippen molar-refractivity contribution in [1.29, 1.82) is 5.41 Å². The van der Waals surface area contributed by atoms with Gasteiger partial charge >= 0.3 is 5.97 Å². The van der Waals surface area contributed by atoms with Crippen molar-refractivity contribution in [2.24, 2.45) is 5.73 Å². The Kier molecular flexibility index (Phi) is 5.46. The number of rotatable bonds is 5. The minimum absolute atomic E-state index is 0.0715. The maximum atomic E-state index is 11.1. The molecule has 0 spiro atoms. The minimum Gasteiger partial charge on any atom is -0.480 e. The van der Waals surface area contributed by atoms with Crippen molar-refractivity contribution in [2.45, 2.75) is 25.9 Å². The van der Waals surface area contributed by atoms with Crippen molar-refractivity contribution in [3.8, 4) is 11.1 Å². The van der Waals surface area contributed by atoms with E-state index in [-0.39, 0.29) is 24.5 Å². The number of aliphatic carboxylic acids is 1. The highest BCUT2D eigenvalue weighted by atomic mass is 16.4. The first-order chi connectivity index (χ1) is 12.8. The molecule has 142 valence electrons. The van der Waals surface area contributed by atoms with E-state index in [0.29, 0.717) is 0 Å². The van der Waals surface area contributed by atoms with Gasteiger partial charge < -0.3 is 15.7 Å². The Bertz CT molecular complexity index is 805. The molecule has 3 rings (SSSR count). The molecule has 1 saturated heterocycles. The van der Waals surface area contributed by atoms with Crippen LogP contribution in [-0.2, 0) is 4.79 Å². The van der Waals surface area contributed by atoms with Crippen LogP contribution in [0.4, 0.5) is 5.69 Å². The van der Waals surface area contributed by atoms with E-state index in [1.165, 1.54) is 0 Å². The molecule has 2 atom stereocenters. The van der Waals surface area contributed by atoms with Gasteiger partial charge in [0.1, 0.15) is 5.84 Å². The number of amidine groups is 1. The molecule has 0 saturated carbocycles. The number of nitrogens with one attached hydrogen (secondary N) is 1. The summed E-state index contributed by atoms with van der Waals surface area (Å²) < 4.78 is 0. The van der Waals surface area contributed by atoms with Gasteiger partial charge in [-0.1, -0.05) is 36.4 Å². The highest BCUT2D eigenvalue weighted by Gasteiger charge is 2.30.